The first-order valence-corrected chi connectivity index (χ1v) is 7.17. The average molecular weight is 304 g/mol. The number of fused-ring (bicyclic) bond motifs is 2. The summed E-state index contributed by atoms with van der Waals surface area (Å²) in [7, 11) is 0. The van der Waals surface area contributed by atoms with Crippen molar-refractivity contribution in [1.82, 2.24) is 19.9 Å². The van der Waals surface area contributed by atoms with Crippen LogP contribution in [0.4, 0.5) is 0 Å². The van der Waals surface area contributed by atoms with Gasteiger partial charge in [0.2, 0.25) is 0 Å². The molecule has 0 radical (unpaired) electrons. The molecule has 0 saturated carbocycles. The molecule has 0 aliphatic carbocycles. The average Bonchev–Trinajstić information content (AvgIpc) is 3.37. The van der Waals surface area contributed by atoms with Gasteiger partial charge in [-0.2, -0.15) is 0 Å². The Bertz CT molecular complexity index is 794. The second-order valence-electron chi connectivity index (χ2n) is 4.63. The van der Waals surface area contributed by atoms with Crippen LogP contribution in [0.3, 0.4) is 0 Å². The Labute approximate surface area is 133 Å². The molecule has 0 bridgehead atoms. The lowest BCUT2D eigenvalue weighted by molar-refractivity contribution is 0.567. The van der Waals surface area contributed by atoms with Gasteiger partial charge in [0.1, 0.15) is 0 Å². The van der Waals surface area contributed by atoms with Crippen LogP contribution in [0.1, 0.15) is 0 Å². The number of H-pyrrole nitrogens is 2. The van der Waals surface area contributed by atoms with Gasteiger partial charge < -0.3 is 14.4 Å². The minimum Gasteiger partial charge on any atom is -0.473 e. The summed E-state index contributed by atoms with van der Waals surface area (Å²) in [5.41, 5.74) is 4.24. The van der Waals surface area contributed by atoms with Crippen LogP contribution in [0.25, 0.3) is 22.1 Å². The molecule has 0 atom stereocenters. The maximum atomic E-state index is 4.58. The first kappa shape index (κ1) is 14.6. The monoisotopic (exact) mass is 304 g/mol. The molecule has 3 aromatic heterocycles. The zero-order chi connectivity index (χ0) is 15.7. The molecule has 2 N–H and O–H groups in total. The zero-order valence-electron chi connectivity index (χ0n) is 12.4. The highest BCUT2D eigenvalue weighted by Gasteiger charge is 1.89. The van der Waals surface area contributed by atoms with E-state index in [4.69, 9.17) is 0 Å². The molecule has 0 aliphatic rings. The van der Waals surface area contributed by atoms with Crippen LogP contribution >= 0.6 is 0 Å². The van der Waals surface area contributed by atoms with Crippen LogP contribution in [0.5, 0.6) is 0 Å². The third kappa shape index (κ3) is 4.07. The van der Waals surface area contributed by atoms with Crippen molar-refractivity contribution in [1.29, 1.82) is 0 Å². The van der Waals surface area contributed by atoms with Gasteiger partial charge in [-0.1, -0.05) is 24.3 Å². The topological polar surface area (TPSA) is 70.5 Å². The molecule has 0 aliphatic heterocycles. The highest BCUT2D eigenvalue weighted by Crippen LogP contribution is 2.06. The molecule has 23 heavy (non-hydrogen) atoms. The Morgan fingerprint density at radius 3 is 1.48 bits per heavy atom. The van der Waals surface area contributed by atoms with E-state index in [-0.39, 0.29) is 0 Å². The quantitative estimate of drug-likeness (QED) is 0.445. The molecule has 0 amide bonds. The molecule has 114 valence electrons. The summed E-state index contributed by atoms with van der Waals surface area (Å²) < 4.78 is 4.58. The van der Waals surface area contributed by atoms with Crippen LogP contribution < -0.4 is 0 Å². The molecule has 5 rings (SSSR count). The third-order valence-corrected chi connectivity index (χ3v) is 3.08. The highest BCUT2D eigenvalue weighted by molar-refractivity contribution is 5.74. The number of hydrogen-bond donors (Lipinski definition) is 2. The molecule has 0 saturated heterocycles. The van der Waals surface area contributed by atoms with E-state index in [1.807, 2.05) is 60.7 Å². The molecule has 0 spiro atoms. The maximum absolute atomic E-state index is 4.58. The number of aromatic amines is 2. The van der Waals surface area contributed by atoms with E-state index < -0.39 is 0 Å². The molecule has 2 aromatic carbocycles. The van der Waals surface area contributed by atoms with Crippen LogP contribution in [-0.2, 0) is 0 Å². The zero-order valence-corrected chi connectivity index (χ0v) is 12.4. The molecule has 0 unspecified atom stereocenters. The maximum Gasteiger partial charge on any atom is 0.0931 e. The van der Waals surface area contributed by atoms with Crippen molar-refractivity contribution < 1.29 is 4.42 Å². The van der Waals surface area contributed by atoms with E-state index in [1.165, 1.54) is 0 Å². The minimum atomic E-state index is 1.03. The van der Waals surface area contributed by atoms with Crippen LogP contribution in [-0.4, -0.2) is 19.9 Å². The number of aromatic nitrogens is 4. The van der Waals surface area contributed by atoms with Crippen molar-refractivity contribution in [3.05, 3.63) is 85.8 Å². The normalized spacial score (nSPS) is 9.74. The van der Waals surface area contributed by atoms with Gasteiger partial charge in [-0.3, -0.25) is 0 Å². The number of nitrogens with one attached hydrogen (secondary N) is 2. The van der Waals surface area contributed by atoms with Crippen molar-refractivity contribution in [2.45, 2.75) is 0 Å². The Kier molecular flexibility index (Phi) is 4.83. The predicted molar refractivity (Wildman–Crippen MR) is 90.9 cm³/mol. The Morgan fingerprint density at radius 1 is 0.609 bits per heavy atom. The second kappa shape index (κ2) is 7.61. The fourth-order valence-corrected chi connectivity index (χ4v) is 1.99. The van der Waals surface area contributed by atoms with Gasteiger partial charge >= 0.3 is 0 Å². The van der Waals surface area contributed by atoms with Gasteiger partial charge in [-0.15, -0.1) is 0 Å². The van der Waals surface area contributed by atoms with Gasteiger partial charge in [0, 0.05) is 0 Å². The van der Waals surface area contributed by atoms with Crippen molar-refractivity contribution in [3.8, 4) is 0 Å². The molecule has 5 aromatic rings. The van der Waals surface area contributed by atoms with Gasteiger partial charge in [0.05, 0.1) is 47.2 Å². The molecule has 5 nitrogen and oxygen atoms in total. The number of hydrogen-bond acceptors (Lipinski definition) is 3. The highest BCUT2D eigenvalue weighted by atomic mass is 16.3. The number of furan rings is 1. The van der Waals surface area contributed by atoms with Crippen LogP contribution in [0, 0.1) is 0 Å². The minimum absolute atomic E-state index is 1.03. The van der Waals surface area contributed by atoms with E-state index >= 15 is 0 Å². The molecule has 0 fully saturated rings. The summed E-state index contributed by atoms with van der Waals surface area (Å²) in [6.07, 6.45) is 6.65. The standard InChI is InChI=1S/2C7H6N2.C4H4O/c2*1-2-4-7-6(3-1)8-5-9-7;1-2-4-5-3-1/h2*1-5H,(H,8,9);1-4H. The van der Waals surface area contributed by atoms with Crippen molar-refractivity contribution >= 4 is 22.1 Å². The molecular formula is C18H16N4O. The number of rotatable bonds is 0. The second-order valence-corrected chi connectivity index (χ2v) is 4.63. The van der Waals surface area contributed by atoms with Crippen LogP contribution in [0.2, 0.25) is 0 Å². The number of imidazole rings is 2. The van der Waals surface area contributed by atoms with Gasteiger partial charge in [0.15, 0.2) is 0 Å². The summed E-state index contributed by atoms with van der Waals surface area (Å²) in [6.45, 7) is 0. The number of benzene rings is 2. The third-order valence-electron chi connectivity index (χ3n) is 3.08. The lowest BCUT2D eigenvalue weighted by Crippen LogP contribution is -1.63. The largest absolute Gasteiger partial charge is 0.473 e. The molecule has 5 heteroatoms. The Morgan fingerprint density at radius 2 is 1.09 bits per heavy atom. The Hall–Kier alpha value is -3.34. The van der Waals surface area contributed by atoms with Crippen molar-refractivity contribution in [2.75, 3.05) is 0 Å². The van der Waals surface area contributed by atoms with Crippen LogP contribution in [0.15, 0.2) is 90.3 Å². The summed E-state index contributed by atoms with van der Waals surface area (Å²) in [6, 6.07) is 19.6. The smallest absolute Gasteiger partial charge is 0.0931 e. The van der Waals surface area contributed by atoms with Gasteiger partial charge in [-0.05, 0) is 36.4 Å². The summed E-state index contributed by atoms with van der Waals surface area (Å²) in [5.74, 6) is 0. The van der Waals surface area contributed by atoms with E-state index in [0.29, 0.717) is 0 Å². The van der Waals surface area contributed by atoms with Gasteiger partial charge in [-0.25, -0.2) is 9.97 Å². The van der Waals surface area contributed by atoms with E-state index in [0.717, 1.165) is 22.1 Å². The summed E-state index contributed by atoms with van der Waals surface area (Å²) in [5, 5.41) is 0. The molecular weight excluding hydrogens is 288 g/mol. The van der Waals surface area contributed by atoms with E-state index in [9.17, 15) is 0 Å². The predicted octanol–water partition coefficient (Wildman–Crippen LogP) is 4.41. The fraction of sp³-hybridized carbons (Fsp3) is 0. The van der Waals surface area contributed by atoms with E-state index in [1.54, 1.807) is 25.2 Å². The fourth-order valence-electron chi connectivity index (χ4n) is 1.99. The van der Waals surface area contributed by atoms with Crippen molar-refractivity contribution in [2.24, 2.45) is 0 Å². The lowest BCUT2D eigenvalue weighted by atomic mass is 10.3. The first-order chi connectivity index (χ1) is 11.4. The Balaban J connectivity index is 0.000000107. The lowest BCUT2D eigenvalue weighted by Gasteiger charge is -1.81. The van der Waals surface area contributed by atoms with Gasteiger partial charge in [0.25, 0.3) is 0 Å². The first-order valence-electron chi connectivity index (χ1n) is 7.17. The van der Waals surface area contributed by atoms with Crippen molar-refractivity contribution in [3.63, 3.8) is 0 Å². The number of para-hydroxylation sites is 4. The van der Waals surface area contributed by atoms with E-state index in [2.05, 4.69) is 24.4 Å². The summed E-state index contributed by atoms with van der Waals surface area (Å²) in [4.78, 5) is 14.1. The SMILES string of the molecule is c1ccc2[nH]cnc2c1.c1ccc2[nH]cnc2c1.c1ccoc1. The summed E-state index contributed by atoms with van der Waals surface area (Å²) >= 11 is 0. The number of nitrogens with zero attached hydrogens (tertiary/aromatic N) is 2. The molecule has 3 heterocycles.